The molecule has 1 aliphatic carbocycles. The van der Waals surface area contributed by atoms with Crippen LogP contribution in [0.2, 0.25) is 0 Å². The van der Waals surface area contributed by atoms with Gasteiger partial charge in [0.05, 0.1) is 23.3 Å². The number of halogens is 2. The Morgan fingerprint density at radius 1 is 1.20 bits per heavy atom. The van der Waals surface area contributed by atoms with Crippen molar-refractivity contribution in [3.8, 4) is 0 Å². The van der Waals surface area contributed by atoms with Crippen molar-refractivity contribution in [1.29, 1.82) is 0 Å². The number of aliphatic imine (C=N–C) groups is 1. The van der Waals surface area contributed by atoms with Crippen molar-refractivity contribution in [3.63, 3.8) is 0 Å². The fourth-order valence-electron chi connectivity index (χ4n) is 3.46. The number of carbonyl (C=O) groups is 2. The third kappa shape index (κ3) is 6.68. The van der Waals surface area contributed by atoms with E-state index in [1.165, 1.54) is 0 Å². The smallest absolute Gasteiger partial charge is 0.313 e. The highest BCUT2D eigenvalue weighted by atomic mass is 19.3. The number of nitrogens with two attached hydrogens (primary N) is 1. The van der Waals surface area contributed by atoms with E-state index in [1.807, 2.05) is 27.7 Å². The molecule has 1 aromatic rings. The number of nitrogens with one attached hydrogen (secondary N) is 1. The van der Waals surface area contributed by atoms with E-state index in [1.54, 1.807) is 44.5 Å². The number of nitrogens with zero attached hydrogens (tertiary/aromatic N) is 3. The number of carboxylic acids is 1. The lowest BCUT2D eigenvalue weighted by atomic mass is 10.0. The van der Waals surface area contributed by atoms with Crippen LogP contribution in [0.25, 0.3) is 0 Å². The van der Waals surface area contributed by atoms with Gasteiger partial charge in [0.2, 0.25) is 0 Å². The summed E-state index contributed by atoms with van der Waals surface area (Å²) in [7, 11) is 0. The third-order valence-corrected chi connectivity index (χ3v) is 5.59. The highest BCUT2D eigenvalue weighted by molar-refractivity contribution is 6.14. The number of hydrogen-bond acceptors (Lipinski definition) is 6. The minimum absolute atomic E-state index is 0.184. The van der Waals surface area contributed by atoms with Crippen molar-refractivity contribution in [2.45, 2.75) is 53.9 Å². The second-order valence-corrected chi connectivity index (χ2v) is 8.47. The molecule has 35 heavy (non-hydrogen) atoms. The molecule has 8 nitrogen and oxygen atoms in total. The standard InChI is InChI=1S/C25H31F2N5O3/c1-7-8-14(3)18(31-23(33)20-21(24(34)35)25(20,26)27)10-9-13(2)16(5)22(17(6)28)32-19-12-29-11-15(4)30-19/h8-12,20-21H,7,28H2,1-6H3,(H,30,32)(H,34,35)/b10-9-,14-8+,16-13-,22-17+,31-18?. The molecular weight excluding hydrogens is 456 g/mol. The minimum atomic E-state index is -3.60. The Hall–Kier alpha value is -3.69. The first-order chi connectivity index (χ1) is 16.3. The van der Waals surface area contributed by atoms with Crippen molar-refractivity contribution < 1.29 is 23.5 Å². The summed E-state index contributed by atoms with van der Waals surface area (Å²) in [6.45, 7) is 10.8. The highest BCUT2D eigenvalue weighted by Gasteiger charge is 2.76. The lowest BCUT2D eigenvalue weighted by Crippen LogP contribution is -2.11. The Morgan fingerprint density at radius 3 is 2.37 bits per heavy atom. The molecule has 1 amide bonds. The van der Waals surface area contributed by atoms with Crippen LogP contribution in [-0.2, 0) is 9.59 Å². The summed E-state index contributed by atoms with van der Waals surface area (Å²) in [5.74, 6) is -9.93. The van der Waals surface area contributed by atoms with Gasteiger partial charge in [0.25, 0.3) is 11.8 Å². The second-order valence-electron chi connectivity index (χ2n) is 8.47. The maximum absolute atomic E-state index is 13.8. The number of anilines is 1. The zero-order valence-corrected chi connectivity index (χ0v) is 20.7. The summed E-state index contributed by atoms with van der Waals surface area (Å²) in [5.41, 5.74) is 10.3. The Kier molecular flexibility index (Phi) is 8.78. The predicted molar refractivity (Wildman–Crippen MR) is 131 cm³/mol. The van der Waals surface area contributed by atoms with E-state index in [0.29, 0.717) is 29.2 Å². The SMILES string of the molecule is CC/C=C(\C)C(\C=C/C(C)=C(C)\C(Nc1cncc(C)n1)=C(\C)N)=NC(=O)C1C(C(=O)O)C1(F)F. The van der Waals surface area contributed by atoms with Gasteiger partial charge in [-0.15, -0.1) is 0 Å². The van der Waals surface area contributed by atoms with Gasteiger partial charge in [-0.1, -0.05) is 19.1 Å². The van der Waals surface area contributed by atoms with E-state index in [2.05, 4.69) is 20.3 Å². The summed E-state index contributed by atoms with van der Waals surface area (Å²) in [5, 5.41) is 12.1. The first-order valence-electron chi connectivity index (χ1n) is 11.1. The maximum Gasteiger partial charge on any atom is 0.313 e. The third-order valence-electron chi connectivity index (χ3n) is 5.59. The number of carboxylic acid groups (broad SMARTS) is 1. The highest BCUT2D eigenvalue weighted by Crippen LogP contribution is 2.56. The first kappa shape index (κ1) is 27.6. The molecule has 1 aromatic heterocycles. The van der Waals surface area contributed by atoms with E-state index < -0.39 is 29.6 Å². The van der Waals surface area contributed by atoms with Crippen molar-refractivity contribution >= 4 is 23.4 Å². The lowest BCUT2D eigenvalue weighted by molar-refractivity contribution is -0.141. The number of aromatic nitrogens is 2. The number of hydrogen-bond donors (Lipinski definition) is 3. The number of aliphatic carboxylic acids is 1. The molecule has 1 aliphatic rings. The average molecular weight is 488 g/mol. The normalized spacial score (nSPS) is 21.4. The van der Waals surface area contributed by atoms with Gasteiger partial charge >= 0.3 is 5.97 Å². The van der Waals surface area contributed by atoms with Gasteiger partial charge in [-0.25, -0.2) is 18.8 Å². The number of carbonyl (C=O) groups excluding carboxylic acids is 1. The summed E-state index contributed by atoms with van der Waals surface area (Å²) >= 11 is 0. The molecule has 2 atom stereocenters. The Bertz CT molecular complexity index is 1160. The fraction of sp³-hybridized carbons (Fsp3) is 0.400. The number of alkyl halides is 2. The van der Waals surface area contributed by atoms with Crippen molar-refractivity contribution in [1.82, 2.24) is 9.97 Å². The fourth-order valence-corrected chi connectivity index (χ4v) is 3.46. The lowest BCUT2D eigenvalue weighted by Gasteiger charge is -2.15. The van der Waals surface area contributed by atoms with Crippen LogP contribution in [0.1, 0.15) is 46.7 Å². The zero-order chi connectivity index (χ0) is 26.5. The summed E-state index contributed by atoms with van der Waals surface area (Å²) < 4.78 is 27.6. The van der Waals surface area contributed by atoms with Gasteiger partial charge < -0.3 is 16.2 Å². The van der Waals surface area contributed by atoms with Gasteiger partial charge in [-0.3, -0.25) is 14.6 Å². The molecule has 0 radical (unpaired) electrons. The van der Waals surface area contributed by atoms with Crippen molar-refractivity contribution in [2.75, 3.05) is 5.32 Å². The number of allylic oxidation sites excluding steroid dienone is 7. The molecular formula is C25H31F2N5O3. The molecule has 1 saturated carbocycles. The van der Waals surface area contributed by atoms with Crippen LogP contribution < -0.4 is 11.1 Å². The Balaban J connectivity index is 2.38. The maximum atomic E-state index is 13.8. The quantitative estimate of drug-likeness (QED) is 0.343. The second kappa shape index (κ2) is 11.2. The van der Waals surface area contributed by atoms with E-state index in [4.69, 9.17) is 10.8 Å². The minimum Gasteiger partial charge on any atom is -0.481 e. The van der Waals surface area contributed by atoms with E-state index in [-0.39, 0.29) is 5.71 Å². The van der Waals surface area contributed by atoms with Crippen molar-refractivity contribution in [2.24, 2.45) is 22.6 Å². The number of rotatable bonds is 9. The molecule has 4 N–H and O–H groups in total. The molecule has 0 bridgehead atoms. The molecule has 10 heteroatoms. The monoisotopic (exact) mass is 487 g/mol. The Labute approximate surface area is 203 Å². The van der Waals surface area contributed by atoms with Crippen LogP contribution in [0.3, 0.4) is 0 Å². The molecule has 188 valence electrons. The largest absolute Gasteiger partial charge is 0.481 e. The summed E-state index contributed by atoms with van der Waals surface area (Å²) in [4.78, 5) is 35.8. The summed E-state index contributed by atoms with van der Waals surface area (Å²) in [6, 6.07) is 0. The molecule has 2 unspecified atom stereocenters. The van der Waals surface area contributed by atoms with Gasteiger partial charge in [0.15, 0.2) is 0 Å². The molecule has 0 aromatic carbocycles. The van der Waals surface area contributed by atoms with Gasteiger partial charge in [0, 0.05) is 11.9 Å². The molecule has 0 spiro atoms. The zero-order valence-electron chi connectivity index (χ0n) is 20.7. The molecule has 0 saturated heterocycles. The molecule has 0 aliphatic heterocycles. The van der Waals surface area contributed by atoms with Crippen LogP contribution in [-0.4, -0.2) is 38.6 Å². The van der Waals surface area contributed by atoms with E-state index in [0.717, 1.165) is 16.8 Å². The molecule has 2 rings (SSSR count). The molecule has 1 fully saturated rings. The van der Waals surface area contributed by atoms with Gasteiger partial charge in [-0.05, 0) is 63.8 Å². The van der Waals surface area contributed by atoms with Crippen LogP contribution in [0.4, 0.5) is 14.6 Å². The topological polar surface area (TPSA) is 131 Å². The van der Waals surface area contributed by atoms with Gasteiger partial charge in [-0.2, -0.15) is 0 Å². The van der Waals surface area contributed by atoms with Gasteiger partial charge in [0.1, 0.15) is 17.7 Å². The van der Waals surface area contributed by atoms with Crippen LogP contribution in [0.15, 0.2) is 63.7 Å². The van der Waals surface area contributed by atoms with Crippen molar-refractivity contribution in [3.05, 3.63) is 64.4 Å². The van der Waals surface area contributed by atoms with Crippen LogP contribution >= 0.6 is 0 Å². The van der Waals surface area contributed by atoms with E-state index >= 15 is 0 Å². The van der Waals surface area contributed by atoms with Crippen LogP contribution in [0.5, 0.6) is 0 Å². The van der Waals surface area contributed by atoms with E-state index in [9.17, 15) is 18.4 Å². The van der Waals surface area contributed by atoms with Crippen LogP contribution in [0, 0.1) is 18.8 Å². The molecule has 1 heterocycles. The summed E-state index contributed by atoms with van der Waals surface area (Å²) in [6.07, 6.45) is 8.88. The first-order valence-corrected chi connectivity index (χ1v) is 11.1. The number of amides is 1. The Morgan fingerprint density at radius 2 is 1.86 bits per heavy atom. The predicted octanol–water partition coefficient (Wildman–Crippen LogP) is 4.57. The average Bonchev–Trinajstić information content (AvgIpc) is 3.36. The number of aryl methyl sites for hydroxylation is 1.